The van der Waals surface area contributed by atoms with Gasteiger partial charge in [-0.1, -0.05) is 30.3 Å². The zero-order valence-corrected chi connectivity index (χ0v) is 26.5. The molecule has 1 aliphatic heterocycles. The Balaban J connectivity index is 1.34. The molecule has 2 fully saturated rings. The molecule has 3 aliphatic carbocycles. The van der Waals surface area contributed by atoms with Gasteiger partial charge in [0.05, 0.1) is 24.6 Å². The minimum absolute atomic E-state index is 0.0203. The lowest BCUT2D eigenvalue weighted by atomic mass is 9.57. The Morgan fingerprint density at radius 2 is 1.70 bits per heavy atom. The van der Waals surface area contributed by atoms with E-state index in [0.29, 0.717) is 12.1 Å². The minimum atomic E-state index is -2.68. The van der Waals surface area contributed by atoms with E-state index in [-0.39, 0.29) is 41.6 Å². The van der Waals surface area contributed by atoms with Gasteiger partial charge in [-0.3, -0.25) is 29.0 Å². The van der Waals surface area contributed by atoms with E-state index in [9.17, 15) is 39.6 Å². The van der Waals surface area contributed by atoms with E-state index in [4.69, 9.17) is 10.5 Å². The fourth-order valence-electron chi connectivity index (χ4n) is 8.06. The van der Waals surface area contributed by atoms with Crippen LogP contribution in [0.25, 0.3) is 16.9 Å². The van der Waals surface area contributed by atoms with Gasteiger partial charge in [0.2, 0.25) is 5.78 Å². The summed E-state index contributed by atoms with van der Waals surface area (Å²) in [5, 5.41) is 45.3. The van der Waals surface area contributed by atoms with Gasteiger partial charge in [-0.15, -0.1) is 0 Å². The summed E-state index contributed by atoms with van der Waals surface area (Å²) in [6.07, 6.45) is 1.72. The average Bonchev–Trinajstić information content (AvgIpc) is 3.03. The molecular weight excluding hydrogens is 606 g/mol. The maximum atomic E-state index is 14.1. The molecule has 12 nitrogen and oxygen atoms in total. The molecule has 0 radical (unpaired) electrons. The average molecular weight is 646 g/mol. The first-order chi connectivity index (χ1) is 22.3. The van der Waals surface area contributed by atoms with Gasteiger partial charge in [-0.05, 0) is 87.1 Å². The number of rotatable bonds is 6. The summed E-state index contributed by atoms with van der Waals surface area (Å²) in [6.45, 7) is 2.29. The number of phenolic OH excluding ortho intramolecular Hbond substituents is 1. The van der Waals surface area contributed by atoms with Gasteiger partial charge in [0.1, 0.15) is 22.8 Å². The van der Waals surface area contributed by atoms with Crippen molar-refractivity contribution in [3.05, 3.63) is 70.0 Å². The van der Waals surface area contributed by atoms with Gasteiger partial charge >= 0.3 is 5.97 Å². The van der Waals surface area contributed by atoms with Crippen molar-refractivity contribution < 1.29 is 44.3 Å². The number of methoxy groups -OCH3 is 1. The number of likely N-dealkylation sites (N-methyl/N-ethyl adjacent to an activating group) is 1. The van der Waals surface area contributed by atoms with Gasteiger partial charge in [0.15, 0.2) is 11.4 Å². The van der Waals surface area contributed by atoms with Gasteiger partial charge in [-0.25, -0.2) is 0 Å². The van der Waals surface area contributed by atoms with Crippen LogP contribution in [0.15, 0.2) is 53.3 Å². The maximum Gasteiger partial charge on any atom is 0.308 e. The number of carbonyl (C=O) groups is 4. The Morgan fingerprint density at radius 3 is 2.30 bits per heavy atom. The van der Waals surface area contributed by atoms with Crippen molar-refractivity contribution in [2.45, 2.75) is 43.9 Å². The molecule has 1 saturated carbocycles. The summed E-state index contributed by atoms with van der Waals surface area (Å²) in [6, 6.07) is 9.97. The number of piperidine rings is 1. The first-order valence-electron chi connectivity index (χ1n) is 15.7. The van der Waals surface area contributed by atoms with E-state index >= 15 is 0 Å². The number of fused-ring (bicyclic) bond motifs is 3. The van der Waals surface area contributed by atoms with E-state index < -0.39 is 58.0 Å². The van der Waals surface area contributed by atoms with Crippen LogP contribution in [0.1, 0.15) is 36.0 Å². The molecule has 6 N–H and O–H groups in total. The fourth-order valence-corrected chi connectivity index (χ4v) is 8.06. The standard InChI is InChI=1S/C35H39N3O9/c1-37(2)28-23-15-20-14-22-21(18-6-4-17(5-7-18)16-38-12-10-19(11-13-38)34(45)47-3)8-9-24(39)26(22)29(40)25(20)31(42)35(23,46)32(43)27(30(28)41)33(36)44/h4-9,19-20,23,28,39-40,43,46H,10-16H2,1-3H3,(H2,36,44)/t20-,23-,28-,35-/m1/s1. The number of Topliss-reactive ketones (excluding diaryl/α,β-unsaturated/α-hetero) is 2. The fraction of sp³-hybridized carbons (Fsp3) is 0.429. The highest BCUT2D eigenvalue weighted by Gasteiger charge is 2.64. The highest BCUT2D eigenvalue weighted by molar-refractivity contribution is 6.24. The lowest BCUT2D eigenvalue weighted by molar-refractivity contribution is -0.153. The van der Waals surface area contributed by atoms with Crippen LogP contribution < -0.4 is 5.73 Å². The molecule has 2 aromatic carbocycles. The number of hydrogen-bond acceptors (Lipinski definition) is 11. The van der Waals surface area contributed by atoms with Crippen molar-refractivity contribution in [1.82, 2.24) is 9.80 Å². The topological polar surface area (TPSA) is 191 Å². The predicted octanol–water partition coefficient (Wildman–Crippen LogP) is 2.02. The molecule has 12 heteroatoms. The number of carbonyl (C=O) groups excluding carboxylic acids is 4. The second-order valence-corrected chi connectivity index (χ2v) is 13.2. The molecule has 4 atom stereocenters. The number of aliphatic hydroxyl groups is 3. The number of nitrogens with two attached hydrogens (primary N) is 1. The molecule has 0 aromatic heterocycles. The largest absolute Gasteiger partial charge is 0.508 e. The molecule has 47 heavy (non-hydrogen) atoms. The summed E-state index contributed by atoms with van der Waals surface area (Å²) >= 11 is 0. The molecule has 248 valence electrons. The van der Waals surface area contributed by atoms with Crippen LogP contribution in [0.3, 0.4) is 0 Å². The zero-order valence-electron chi connectivity index (χ0n) is 26.5. The summed E-state index contributed by atoms with van der Waals surface area (Å²) in [4.78, 5) is 55.2. The van der Waals surface area contributed by atoms with Crippen molar-refractivity contribution in [3.63, 3.8) is 0 Å². The molecule has 1 heterocycles. The molecule has 0 spiro atoms. The van der Waals surface area contributed by atoms with Gasteiger partial charge in [0, 0.05) is 18.0 Å². The van der Waals surface area contributed by atoms with Crippen molar-refractivity contribution in [3.8, 4) is 16.9 Å². The quantitative estimate of drug-likeness (QED) is 0.228. The maximum absolute atomic E-state index is 14.1. The number of phenols is 1. The second kappa shape index (κ2) is 11.9. The number of likely N-dealkylation sites (tertiary alicyclic amines) is 1. The molecule has 2 aromatic rings. The smallest absolute Gasteiger partial charge is 0.308 e. The summed E-state index contributed by atoms with van der Waals surface area (Å²) < 4.78 is 4.89. The number of ketones is 2. The first-order valence-corrected chi connectivity index (χ1v) is 15.7. The highest BCUT2D eigenvalue weighted by atomic mass is 16.5. The summed E-state index contributed by atoms with van der Waals surface area (Å²) in [5.41, 5.74) is 5.00. The number of amides is 1. The Labute approximate surface area is 271 Å². The third-order valence-electron chi connectivity index (χ3n) is 10.4. The van der Waals surface area contributed by atoms with Crippen LogP contribution >= 0.6 is 0 Å². The SMILES string of the molecule is COC(=O)C1CCN(Cc2ccc(-c3ccc(O)c4c3C[C@@H]3C[C@@H]5[C@@H](N(C)C)C(=O)C(C(N)=O)=C(O)[C@]5(O)C(=O)C3=C4O)cc2)CC1. The third kappa shape index (κ3) is 5.11. The van der Waals surface area contributed by atoms with E-state index in [1.807, 2.05) is 24.3 Å². The molecule has 1 amide bonds. The Hall–Kier alpha value is -4.52. The molecule has 1 saturated heterocycles. The monoisotopic (exact) mass is 645 g/mol. The van der Waals surface area contributed by atoms with Crippen LogP contribution in [0.2, 0.25) is 0 Å². The number of nitrogens with zero attached hydrogens (tertiary/aromatic N) is 2. The molecule has 0 unspecified atom stereocenters. The molecule has 6 rings (SSSR count). The third-order valence-corrected chi connectivity index (χ3v) is 10.4. The Morgan fingerprint density at radius 1 is 1.04 bits per heavy atom. The van der Waals surface area contributed by atoms with Crippen LogP contribution in [0.4, 0.5) is 0 Å². The zero-order chi connectivity index (χ0) is 33.9. The number of ether oxygens (including phenoxy) is 1. The van der Waals surface area contributed by atoms with Crippen LogP contribution in [-0.4, -0.2) is 99.6 Å². The number of hydrogen-bond donors (Lipinski definition) is 5. The van der Waals surface area contributed by atoms with E-state index in [0.717, 1.165) is 42.6 Å². The number of esters is 1. The van der Waals surface area contributed by atoms with Crippen molar-refractivity contribution in [2.24, 2.45) is 23.5 Å². The minimum Gasteiger partial charge on any atom is -0.508 e. The number of primary amides is 1. The normalized spacial score (nSPS) is 26.6. The lowest BCUT2D eigenvalue weighted by Crippen LogP contribution is -2.65. The predicted molar refractivity (Wildman–Crippen MR) is 170 cm³/mol. The number of aromatic hydroxyl groups is 1. The van der Waals surface area contributed by atoms with Crippen molar-refractivity contribution >= 4 is 29.2 Å². The number of benzene rings is 2. The van der Waals surface area contributed by atoms with Crippen molar-refractivity contribution in [2.75, 3.05) is 34.3 Å². The van der Waals surface area contributed by atoms with Gasteiger partial charge in [-0.2, -0.15) is 0 Å². The molecule has 4 aliphatic rings. The van der Waals surface area contributed by atoms with Gasteiger partial charge < -0.3 is 30.9 Å². The summed E-state index contributed by atoms with van der Waals surface area (Å²) in [5.74, 6) is -7.03. The van der Waals surface area contributed by atoms with Crippen molar-refractivity contribution in [1.29, 1.82) is 0 Å². The number of aliphatic hydroxyl groups excluding tert-OH is 2. The summed E-state index contributed by atoms with van der Waals surface area (Å²) in [7, 11) is 4.55. The van der Waals surface area contributed by atoms with Crippen LogP contribution in [-0.2, 0) is 36.9 Å². The Kier molecular flexibility index (Phi) is 8.23. The van der Waals surface area contributed by atoms with Crippen LogP contribution in [0.5, 0.6) is 5.75 Å². The second-order valence-electron chi connectivity index (χ2n) is 13.2. The molecular formula is C35H39N3O9. The van der Waals surface area contributed by atoms with Gasteiger partial charge in [0.25, 0.3) is 5.91 Å². The molecule has 0 bridgehead atoms. The van der Waals surface area contributed by atoms with E-state index in [2.05, 4.69) is 4.90 Å². The van der Waals surface area contributed by atoms with Crippen LogP contribution in [0, 0.1) is 17.8 Å². The van der Waals surface area contributed by atoms with E-state index in [1.165, 1.54) is 18.1 Å². The van der Waals surface area contributed by atoms with E-state index in [1.54, 1.807) is 20.2 Å². The Bertz CT molecular complexity index is 1740. The lowest BCUT2D eigenvalue weighted by Gasteiger charge is -2.50. The highest BCUT2D eigenvalue weighted by Crippen LogP contribution is 2.53. The first kappa shape index (κ1) is 32.4.